The molecule has 0 radical (unpaired) electrons. The second-order valence-corrected chi connectivity index (χ2v) is 6.38. The molecule has 0 bridgehead atoms. The van der Waals surface area contributed by atoms with Gasteiger partial charge in [-0.25, -0.2) is 0 Å². The lowest BCUT2D eigenvalue weighted by molar-refractivity contribution is 0.165. The summed E-state index contributed by atoms with van der Waals surface area (Å²) >= 11 is 1.78. The molecule has 3 atom stereocenters. The van der Waals surface area contributed by atoms with Gasteiger partial charge in [-0.1, -0.05) is 24.3 Å². The second-order valence-electron chi connectivity index (χ2n) is 5.40. The van der Waals surface area contributed by atoms with Crippen LogP contribution in [0.4, 0.5) is 0 Å². The fourth-order valence-electron chi connectivity index (χ4n) is 2.75. The molecule has 4 heteroatoms. The van der Waals surface area contributed by atoms with Gasteiger partial charge >= 0.3 is 0 Å². The van der Waals surface area contributed by atoms with Crippen LogP contribution < -0.4 is 10.5 Å². The maximum atomic E-state index is 6.29. The molecule has 1 heterocycles. The second kappa shape index (κ2) is 7.07. The Morgan fingerprint density at radius 3 is 2.43 bits per heavy atom. The molecule has 3 nitrogen and oxygen atoms in total. The third kappa shape index (κ3) is 3.46. The number of nitrogens with two attached hydrogens (primary N) is 1. The minimum atomic E-state index is 0.00807. The zero-order valence-electron chi connectivity index (χ0n) is 13.1. The molecule has 114 valence electrons. The fraction of sp³-hybridized carbons (Fsp3) is 0.412. The minimum absolute atomic E-state index is 0.00807. The first-order valence-corrected chi connectivity index (χ1v) is 8.08. The van der Waals surface area contributed by atoms with E-state index in [0.717, 1.165) is 11.3 Å². The molecule has 2 aromatic rings. The molecule has 0 spiro atoms. The summed E-state index contributed by atoms with van der Waals surface area (Å²) < 4.78 is 5.52. The van der Waals surface area contributed by atoms with E-state index >= 15 is 0 Å². The number of thiophene rings is 1. The van der Waals surface area contributed by atoms with Gasteiger partial charge in [-0.2, -0.15) is 0 Å². The van der Waals surface area contributed by atoms with E-state index in [2.05, 4.69) is 49.4 Å². The van der Waals surface area contributed by atoms with Gasteiger partial charge < -0.3 is 10.5 Å². The normalized spacial score (nSPS) is 15.7. The van der Waals surface area contributed by atoms with E-state index in [0.29, 0.717) is 6.04 Å². The van der Waals surface area contributed by atoms with E-state index in [1.54, 1.807) is 18.4 Å². The highest BCUT2D eigenvalue weighted by molar-refractivity contribution is 7.10. The maximum Gasteiger partial charge on any atom is 0.123 e. The summed E-state index contributed by atoms with van der Waals surface area (Å²) in [6, 6.07) is 12.8. The summed E-state index contributed by atoms with van der Waals surface area (Å²) in [4.78, 5) is 3.67. The number of methoxy groups -OCH3 is 1. The molecule has 2 rings (SSSR count). The van der Waals surface area contributed by atoms with Crippen LogP contribution in [0.3, 0.4) is 0 Å². The fourth-order valence-corrected chi connectivity index (χ4v) is 3.59. The first-order chi connectivity index (χ1) is 10.1. The molecule has 1 aromatic carbocycles. The Hall–Kier alpha value is -1.36. The van der Waals surface area contributed by atoms with Crippen molar-refractivity contribution in [3.05, 3.63) is 52.2 Å². The van der Waals surface area contributed by atoms with Crippen molar-refractivity contribution < 1.29 is 4.74 Å². The highest BCUT2D eigenvalue weighted by atomic mass is 32.1. The van der Waals surface area contributed by atoms with E-state index in [4.69, 9.17) is 10.5 Å². The van der Waals surface area contributed by atoms with Crippen molar-refractivity contribution in [2.75, 3.05) is 14.2 Å². The lowest BCUT2D eigenvalue weighted by Gasteiger charge is -2.36. The summed E-state index contributed by atoms with van der Waals surface area (Å²) in [6.45, 7) is 4.27. The summed E-state index contributed by atoms with van der Waals surface area (Å²) in [6.07, 6.45) is 0. The van der Waals surface area contributed by atoms with Crippen LogP contribution in [0.1, 0.15) is 36.4 Å². The van der Waals surface area contributed by atoms with Crippen LogP contribution >= 0.6 is 11.3 Å². The number of likely N-dealkylation sites (N-methyl/N-ethyl adjacent to an activating group) is 1. The SMILES string of the molecule is COc1ccccc1C(C(C)N)N(C)C(C)c1cccs1. The van der Waals surface area contributed by atoms with Gasteiger partial charge in [0.25, 0.3) is 0 Å². The number of hydrogen-bond donors (Lipinski definition) is 1. The zero-order valence-corrected chi connectivity index (χ0v) is 13.9. The van der Waals surface area contributed by atoms with Crippen LogP contribution in [0.2, 0.25) is 0 Å². The number of hydrogen-bond acceptors (Lipinski definition) is 4. The Labute approximate surface area is 131 Å². The Morgan fingerprint density at radius 2 is 1.86 bits per heavy atom. The highest BCUT2D eigenvalue weighted by Gasteiger charge is 2.28. The van der Waals surface area contributed by atoms with Gasteiger partial charge in [0, 0.05) is 22.5 Å². The number of nitrogens with zero attached hydrogens (tertiary/aromatic N) is 1. The van der Waals surface area contributed by atoms with Crippen LogP contribution in [-0.4, -0.2) is 25.1 Å². The van der Waals surface area contributed by atoms with Gasteiger partial charge in [0.15, 0.2) is 0 Å². The zero-order chi connectivity index (χ0) is 15.4. The van der Waals surface area contributed by atoms with Crippen molar-refractivity contribution in [2.45, 2.75) is 32.0 Å². The quantitative estimate of drug-likeness (QED) is 0.881. The molecule has 0 saturated heterocycles. The Bertz CT molecular complexity index is 554. The summed E-state index contributed by atoms with van der Waals surface area (Å²) in [5.74, 6) is 0.894. The standard InChI is InChI=1S/C17H24N2OS/c1-12(18)17(14-8-5-6-9-15(14)20-4)19(3)13(2)16-10-7-11-21-16/h5-13,17H,18H2,1-4H3. The lowest BCUT2D eigenvalue weighted by Crippen LogP contribution is -2.38. The Morgan fingerprint density at radius 1 is 1.14 bits per heavy atom. The average molecular weight is 304 g/mol. The molecule has 0 aliphatic carbocycles. The summed E-state index contributed by atoms with van der Waals surface area (Å²) in [7, 11) is 3.84. The van der Waals surface area contributed by atoms with Gasteiger partial charge in [0.1, 0.15) is 5.75 Å². The molecule has 0 saturated carbocycles. The monoisotopic (exact) mass is 304 g/mol. The van der Waals surface area contributed by atoms with E-state index in [1.807, 2.05) is 18.2 Å². The van der Waals surface area contributed by atoms with Crippen molar-refractivity contribution >= 4 is 11.3 Å². The van der Waals surface area contributed by atoms with Gasteiger partial charge in [-0.3, -0.25) is 4.90 Å². The molecule has 0 amide bonds. The van der Waals surface area contributed by atoms with Crippen LogP contribution in [-0.2, 0) is 0 Å². The molecule has 21 heavy (non-hydrogen) atoms. The number of benzene rings is 1. The lowest BCUT2D eigenvalue weighted by atomic mass is 9.97. The summed E-state index contributed by atoms with van der Waals surface area (Å²) in [5, 5.41) is 2.11. The molecular formula is C17H24N2OS. The van der Waals surface area contributed by atoms with Gasteiger partial charge in [-0.15, -0.1) is 11.3 Å². The van der Waals surface area contributed by atoms with Gasteiger partial charge in [0.05, 0.1) is 13.2 Å². The molecule has 0 aliphatic heterocycles. The van der Waals surface area contributed by atoms with Crippen molar-refractivity contribution in [1.82, 2.24) is 4.90 Å². The Kier molecular flexibility index (Phi) is 5.39. The predicted molar refractivity (Wildman–Crippen MR) is 89.9 cm³/mol. The largest absolute Gasteiger partial charge is 0.496 e. The Balaban J connectivity index is 2.34. The first kappa shape index (κ1) is 16.0. The van der Waals surface area contributed by atoms with E-state index in [9.17, 15) is 0 Å². The molecule has 0 aliphatic rings. The maximum absolute atomic E-state index is 6.29. The van der Waals surface area contributed by atoms with Crippen molar-refractivity contribution in [3.8, 4) is 5.75 Å². The van der Waals surface area contributed by atoms with Crippen molar-refractivity contribution in [2.24, 2.45) is 5.73 Å². The number of rotatable bonds is 6. The minimum Gasteiger partial charge on any atom is -0.496 e. The molecule has 0 fully saturated rings. The van der Waals surface area contributed by atoms with Crippen molar-refractivity contribution in [3.63, 3.8) is 0 Å². The van der Waals surface area contributed by atoms with E-state index < -0.39 is 0 Å². The molecule has 2 N–H and O–H groups in total. The summed E-state index contributed by atoms with van der Waals surface area (Å²) in [5.41, 5.74) is 7.43. The molecule has 1 aromatic heterocycles. The van der Waals surface area contributed by atoms with Crippen LogP contribution in [0.15, 0.2) is 41.8 Å². The first-order valence-electron chi connectivity index (χ1n) is 7.20. The van der Waals surface area contributed by atoms with Crippen LogP contribution in [0.5, 0.6) is 5.75 Å². The third-order valence-electron chi connectivity index (χ3n) is 3.96. The average Bonchev–Trinajstić information content (AvgIpc) is 3.01. The predicted octanol–water partition coefficient (Wildman–Crippen LogP) is 3.84. The highest BCUT2D eigenvalue weighted by Crippen LogP contribution is 2.36. The van der Waals surface area contributed by atoms with E-state index in [1.165, 1.54) is 4.88 Å². The number of ether oxygens (including phenoxy) is 1. The topological polar surface area (TPSA) is 38.5 Å². The van der Waals surface area contributed by atoms with E-state index in [-0.39, 0.29) is 12.1 Å². The smallest absolute Gasteiger partial charge is 0.123 e. The van der Waals surface area contributed by atoms with Crippen molar-refractivity contribution in [1.29, 1.82) is 0 Å². The molecular weight excluding hydrogens is 280 g/mol. The number of para-hydroxylation sites is 1. The molecule has 3 unspecified atom stereocenters. The third-order valence-corrected chi connectivity index (χ3v) is 5.00. The van der Waals surface area contributed by atoms with Crippen LogP contribution in [0, 0.1) is 0 Å². The van der Waals surface area contributed by atoms with Gasteiger partial charge in [-0.05, 0) is 38.4 Å². The van der Waals surface area contributed by atoms with Crippen LogP contribution in [0.25, 0.3) is 0 Å². The van der Waals surface area contributed by atoms with Gasteiger partial charge in [0.2, 0.25) is 0 Å².